The van der Waals surface area contributed by atoms with Crippen molar-refractivity contribution >= 4 is 35.5 Å². The number of benzene rings is 2. The number of fused-ring (bicyclic) bond motifs is 1. The minimum absolute atomic E-state index is 0.0603. The molecule has 0 saturated carbocycles. The van der Waals surface area contributed by atoms with E-state index in [1.807, 2.05) is 12.1 Å². The molecular formula is C19H15ClN2O5. The van der Waals surface area contributed by atoms with Crippen molar-refractivity contribution in [3.8, 4) is 5.75 Å². The highest BCUT2D eigenvalue weighted by Gasteiger charge is 2.19. The summed E-state index contributed by atoms with van der Waals surface area (Å²) in [5.74, 6) is -1.19. The number of hydrogen-bond acceptors (Lipinski definition) is 5. The number of nitrogens with one attached hydrogen (secondary N) is 2. The molecule has 138 valence electrons. The van der Waals surface area contributed by atoms with Crippen LogP contribution in [0, 0.1) is 0 Å². The molecule has 2 N–H and O–H groups in total. The lowest BCUT2D eigenvalue weighted by Crippen LogP contribution is -2.43. The number of amides is 2. The van der Waals surface area contributed by atoms with Crippen LogP contribution in [0.1, 0.15) is 15.9 Å². The molecule has 2 aromatic carbocycles. The molecule has 0 spiro atoms. The highest BCUT2D eigenvalue weighted by atomic mass is 35.5. The Labute approximate surface area is 159 Å². The lowest BCUT2D eigenvalue weighted by molar-refractivity contribution is -0.145. The van der Waals surface area contributed by atoms with E-state index in [-0.39, 0.29) is 6.61 Å². The van der Waals surface area contributed by atoms with Gasteiger partial charge in [-0.25, -0.2) is 4.79 Å². The predicted octanol–water partition coefficient (Wildman–Crippen LogP) is 2.12. The van der Waals surface area contributed by atoms with E-state index in [2.05, 4.69) is 10.9 Å². The largest absolute Gasteiger partial charge is 0.488 e. The Hall–Kier alpha value is -3.32. The topological polar surface area (TPSA) is 93.7 Å². The van der Waals surface area contributed by atoms with Gasteiger partial charge in [0.25, 0.3) is 11.8 Å². The smallest absolute Gasteiger partial charge is 0.338 e. The number of carbonyl (C=O) groups is 3. The van der Waals surface area contributed by atoms with Crippen LogP contribution in [0.4, 0.5) is 0 Å². The molecular weight excluding hydrogens is 372 g/mol. The number of rotatable bonds is 4. The fourth-order valence-corrected chi connectivity index (χ4v) is 2.42. The molecule has 2 amide bonds. The molecule has 1 aliphatic rings. The molecule has 0 saturated heterocycles. The minimum atomic E-state index is -0.677. The summed E-state index contributed by atoms with van der Waals surface area (Å²) in [6, 6.07) is 13.4. The molecule has 0 bridgehead atoms. The first-order valence-electron chi connectivity index (χ1n) is 7.97. The van der Waals surface area contributed by atoms with Crippen molar-refractivity contribution < 1.29 is 23.9 Å². The van der Waals surface area contributed by atoms with Gasteiger partial charge in [0, 0.05) is 16.1 Å². The highest BCUT2D eigenvalue weighted by Crippen LogP contribution is 2.25. The summed E-state index contributed by atoms with van der Waals surface area (Å²) in [5.41, 5.74) is 5.77. The zero-order valence-electron chi connectivity index (χ0n) is 14.0. The molecule has 2 aromatic rings. The SMILES string of the molecule is O=C(COC(=O)C1=Cc2ccccc2OC1)NNC(=O)c1ccc(Cl)cc1. The Bertz CT molecular complexity index is 909. The molecule has 1 heterocycles. The van der Waals surface area contributed by atoms with Crippen LogP contribution < -0.4 is 15.6 Å². The summed E-state index contributed by atoms with van der Waals surface area (Å²) in [6.07, 6.45) is 1.65. The van der Waals surface area contributed by atoms with Gasteiger partial charge in [0.1, 0.15) is 12.4 Å². The molecule has 0 fully saturated rings. The normalized spacial score (nSPS) is 12.1. The van der Waals surface area contributed by atoms with Gasteiger partial charge in [-0.3, -0.25) is 20.4 Å². The first-order chi connectivity index (χ1) is 13.0. The number of hydrogen-bond donors (Lipinski definition) is 2. The molecule has 0 unspecified atom stereocenters. The molecule has 0 aromatic heterocycles. The van der Waals surface area contributed by atoms with Crippen molar-refractivity contribution in [3.05, 3.63) is 70.3 Å². The fraction of sp³-hybridized carbons (Fsp3) is 0.105. The summed E-state index contributed by atoms with van der Waals surface area (Å²) in [4.78, 5) is 35.7. The Kier molecular flexibility index (Phi) is 5.73. The van der Waals surface area contributed by atoms with E-state index in [0.29, 0.717) is 21.9 Å². The van der Waals surface area contributed by atoms with Gasteiger partial charge in [0.2, 0.25) is 0 Å². The number of para-hydroxylation sites is 1. The third-order valence-corrected chi connectivity index (χ3v) is 3.90. The summed E-state index contributed by atoms with van der Waals surface area (Å²) in [7, 11) is 0. The zero-order valence-corrected chi connectivity index (χ0v) is 14.8. The quantitative estimate of drug-likeness (QED) is 0.620. The average Bonchev–Trinajstić information content (AvgIpc) is 2.70. The molecule has 8 heteroatoms. The number of esters is 1. The minimum Gasteiger partial charge on any atom is -0.488 e. The summed E-state index contributed by atoms with van der Waals surface area (Å²) < 4.78 is 10.4. The van der Waals surface area contributed by atoms with Crippen LogP contribution in [0.25, 0.3) is 6.08 Å². The van der Waals surface area contributed by atoms with Crippen molar-refractivity contribution in [1.82, 2.24) is 10.9 Å². The van der Waals surface area contributed by atoms with E-state index >= 15 is 0 Å². The lowest BCUT2D eigenvalue weighted by atomic mass is 10.1. The monoisotopic (exact) mass is 386 g/mol. The molecule has 3 rings (SSSR count). The third kappa shape index (κ3) is 4.86. The second kappa shape index (κ2) is 8.37. The number of carbonyl (C=O) groups excluding carboxylic acids is 3. The summed E-state index contributed by atoms with van der Waals surface area (Å²) in [6.45, 7) is -0.483. The van der Waals surface area contributed by atoms with Crippen LogP contribution in [0.2, 0.25) is 5.02 Å². The van der Waals surface area contributed by atoms with Crippen LogP contribution in [0.5, 0.6) is 5.75 Å². The second-order valence-electron chi connectivity index (χ2n) is 5.58. The van der Waals surface area contributed by atoms with Gasteiger partial charge in [0.05, 0.1) is 5.57 Å². The molecule has 0 aliphatic carbocycles. The van der Waals surface area contributed by atoms with Gasteiger partial charge in [-0.05, 0) is 36.4 Å². The van der Waals surface area contributed by atoms with Crippen molar-refractivity contribution in [1.29, 1.82) is 0 Å². The number of hydrazine groups is 1. The van der Waals surface area contributed by atoms with Crippen LogP contribution in [-0.4, -0.2) is 31.0 Å². The standard InChI is InChI=1S/C19H15ClN2O5/c20-15-7-5-12(6-8-15)18(24)22-21-17(23)11-27-19(25)14-9-13-3-1-2-4-16(13)26-10-14/h1-9H,10-11H2,(H,21,23)(H,22,24). The van der Waals surface area contributed by atoms with E-state index in [0.717, 1.165) is 5.56 Å². The predicted molar refractivity (Wildman–Crippen MR) is 97.9 cm³/mol. The van der Waals surface area contributed by atoms with Crippen molar-refractivity contribution in [2.75, 3.05) is 13.2 Å². The first-order valence-corrected chi connectivity index (χ1v) is 8.35. The van der Waals surface area contributed by atoms with Gasteiger partial charge in [0.15, 0.2) is 6.61 Å². The van der Waals surface area contributed by atoms with Crippen LogP contribution >= 0.6 is 11.6 Å². The maximum absolute atomic E-state index is 12.1. The van der Waals surface area contributed by atoms with Crippen LogP contribution in [0.3, 0.4) is 0 Å². The van der Waals surface area contributed by atoms with Crippen molar-refractivity contribution in [2.24, 2.45) is 0 Å². The van der Waals surface area contributed by atoms with E-state index < -0.39 is 24.4 Å². The molecule has 27 heavy (non-hydrogen) atoms. The number of ether oxygens (including phenoxy) is 2. The van der Waals surface area contributed by atoms with Gasteiger partial charge in [-0.2, -0.15) is 0 Å². The molecule has 1 aliphatic heterocycles. The van der Waals surface area contributed by atoms with Gasteiger partial charge >= 0.3 is 5.97 Å². The molecule has 0 atom stereocenters. The maximum Gasteiger partial charge on any atom is 0.338 e. The fourth-order valence-electron chi connectivity index (χ4n) is 2.29. The van der Waals surface area contributed by atoms with Gasteiger partial charge in [-0.15, -0.1) is 0 Å². The van der Waals surface area contributed by atoms with Crippen molar-refractivity contribution in [3.63, 3.8) is 0 Å². The van der Waals surface area contributed by atoms with Crippen LogP contribution in [-0.2, 0) is 14.3 Å². The molecule has 0 radical (unpaired) electrons. The van der Waals surface area contributed by atoms with Gasteiger partial charge < -0.3 is 9.47 Å². The third-order valence-electron chi connectivity index (χ3n) is 3.65. The van der Waals surface area contributed by atoms with Crippen LogP contribution in [0.15, 0.2) is 54.1 Å². The second-order valence-corrected chi connectivity index (χ2v) is 6.02. The summed E-state index contributed by atoms with van der Waals surface area (Å²) >= 11 is 5.74. The van der Waals surface area contributed by atoms with E-state index in [1.54, 1.807) is 30.3 Å². The Morgan fingerprint density at radius 3 is 2.56 bits per heavy atom. The van der Waals surface area contributed by atoms with E-state index in [1.165, 1.54) is 12.1 Å². The average molecular weight is 387 g/mol. The number of halogens is 1. The van der Waals surface area contributed by atoms with Crippen molar-refractivity contribution in [2.45, 2.75) is 0 Å². The summed E-state index contributed by atoms with van der Waals surface area (Å²) in [5, 5.41) is 0.492. The van der Waals surface area contributed by atoms with E-state index in [9.17, 15) is 14.4 Å². The lowest BCUT2D eigenvalue weighted by Gasteiger charge is -2.16. The van der Waals surface area contributed by atoms with Gasteiger partial charge in [-0.1, -0.05) is 29.8 Å². The Morgan fingerprint density at radius 1 is 1.04 bits per heavy atom. The zero-order chi connectivity index (χ0) is 19.2. The Balaban J connectivity index is 1.46. The molecule has 7 nitrogen and oxygen atoms in total. The van der Waals surface area contributed by atoms with E-state index in [4.69, 9.17) is 21.1 Å². The maximum atomic E-state index is 12.1. The first kappa shape index (κ1) is 18.5. The Morgan fingerprint density at radius 2 is 1.78 bits per heavy atom. The highest BCUT2D eigenvalue weighted by molar-refractivity contribution is 6.30.